The van der Waals surface area contributed by atoms with Crippen molar-refractivity contribution in [3.63, 3.8) is 0 Å². The molecule has 7 nitrogen and oxygen atoms in total. The summed E-state index contributed by atoms with van der Waals surface area (Å²) < 4.78 is 10.8. The maximum atomic E-state index is 12.3. The lowest BCUT2D eigenvalue weighted by atomic mass is 9.97. The number of likely N-dealkylation sites (tertiary alicyclic amines) is 1. The number of fused-ring (bicyclic) bond motifs is 1. The zero-order valence-corrected chi connectivity index (χ0v) is 13.4. The van der Waals surface area contributed by atoms with Crippen molar-refractivity contribution in [3.05, 3.63) is 42.0 Å². The van der Waals surface area contributed by atoms with Gasteiger partial charge in [0.2, 0.25) is 0 Å². The van der Waals surface area contributed by atoms with Crippen molar-refractivity contribution in [1.82, 2.24) is 15.0 Å². The van der Waals surface area contributed by atoms with Gasteiger partial charge in [-0.25, -0.2) is 9.78 Å². The predicted octanol–water partition coefficient (Wildman–Crippen LogP) is 3.54. The molecule has 2 aromatic heterocycles. The average molecular weight is 326 g/mol. The van der Waals surface area contributed by atoms with E-state index in [0.717, 1.165) is 29.8 Å². The standard InChI is InChI=1S/C17H18N4O3/c1-11-10-15(20-24-11)19-17(22)21-8-6-12(7-9-21)16-18-13-4-2-3-5-14(13)23-16/h2-5,10,12H,6-9H2,1H3,(H,19,20,22). The van der Waals surface area contributed by atoms with Crippen LogP contribution < -0.4 is 5.32 Å². The summed E-state index contributed by atoms with van der Waals surface area (Å²) in [7, 11) is 0. The molecule has 4 rings (SSSR count). The summed E-state index contributed by atoms with van der Waals surface area (Å²) >= 11 is 0. The number of nitrogens with one attached hydrogen (secondary N) is 1. The Bertz CT molecular complexity index is 828. The quantitative estimate of drug-likeness (QED) is 0.778. The second-order valence-electron chi connectivity index (χ2n) is 6.03. The van der Waals surface area contributed by atoms with E-state index in [1.54, 1.807) is 17.9 Å². The lowest BCUT2D eigenvalue weighted by Crippen LogP contribution is -2.40. The Labute approximate surface area is 138 Å². The number of rotatable bonds is 2. The van der Waals surface area contributed by atoms with Crippen LogP contribution in [0.1, 0.15) is 30.4 Å². The molecule has 0 saturated carbocycles. The first-order valence-corrected chi connectivity index (χ1v) is 8.04. The topological polar surface area (TPSA) is 84.4 Å². The summed E-state index contributed by atoms with van der Waals surface area (Å²) in [5.74, 6) is 2.12. The zero-order chi connectivity index (χ0) is 16.5. The SMILES string of the molecule is Cc1cc(NC(=O)N2CCC(c3nc4ccccc4o3)CC2)no1. The van der Waals surface area contributed by atoms with Crippen LogP contribution in [-0.2, 0) is 0 Å². The van der Waals surface area contributed by atoms with Gasteiger partial charge in [-0.15, -0.1) is 0 Å². The van der Waals surface area contributed by atoms with Crippen LogP contribution >= 0.6 is 0 Å². The Kier molecular flexibility index (Phi) is 3.68. The first kappa shape index (κ1) is 14.7. The second-order valence-corrected chi connectivity index (χ2v) is 6.03. The van der Waals surface area contributed by atoms with E-state index in [0.29, 0.717) is 24.7 Å². The van der Waals surface area contributed by atoms with Crippen molar-refractivity contribution in [2.45, 2.75) is 25.7 Å². The number of aromatic nitrogens is 2. The summed E-state index contributed by atoms with van der Waals surface area (Å²) in [6, 6.07) is 9.31. The van der Waals surface area contributed by atoms with E-state index >= 15 is 0 Å². The molecule has 2 amide bonds. The molecule has 0 spiro atoms. The van der Waals surface area contributed by atoms with E-state index in [2.05, 4.69) is 15.5 Å². The molecule has 0 unspecified atom stereocenters. The van der Waals surface area contributed by atoms with Crippen LogP contribution in [-0.4, -0.2) is 34.2 Å². The largest absolute Gasteiger partial charge is 0.440 e. The lowest BCUT2D eigenvalue weighted by molar-refractivity contribution is 0.190. The van der Waals surface area contributed by atoms with E-state index < -0.39 is 0 Å². The molecule has 1 fully saturated rings. The molecular formula is C17H18N4O3. The summed E-state index contributed by atoms with van der Waals surface area (Å²) in [4.78, 5) is 18.6. The number of hydrogen-bond donors (Lipinski definition) is 1. The molecule has 0 bridgehead atoms. The third-order valence-corrected chi connectivity index (χ3v) is 4.30. The van der Waals surface area contributed by atoms with Gasteiger partial charge in [-0.05, 0) is 31.9 Å². The molecule has 1 aliphatic heterocycles. The minimum atomic E-state index is -0.153. The van der Waals surface area contributed by atoms with Crippen LogP contribution in [0.2, 0.25) is 0 Å². The number of carbonyl (C=O) groups is 1. The van der Waals surface area contributed by atoms with Crippen molar-refractivity contribution in [3.8, 4) is 0 Å². The van der Waals surface area contributed by atoms with Gasteiger partial charge in [0.1, 0.15) is 11.3 Å². The maximum absolute atomic E-state index is 12.3. The number of urea groups is 1. The van der Waals surface area contributed by atoms with E-state index in [1.165, 1.54) is 0 Å². The van der Waals surface area contributed by atoms with Crippen LogP contribution in [0.4, 0.5) is 10.6 Å². The maximum Gasteiger partial charge on any atom is 0.323 e. The van der Waals surface area contributed by atoms with Gasteiger partial charge < -0.3 is 13.8 Å². The van der Waals surface area contributed by atoms with Gasteiger partial charge in [0.05, 0.1) is 0 Å². The van der Waals surface area contributed by atoms with E-state index in [-0.39, 0.29) is 11.9 Å². The Morgan fingerprint density at radius 3 is 2.79 bits per heavy atom. The number of anilines is 1. The molecule has 7 heteroatoms. The van der Waals surface area contributed by atoms with Crippen LogP contribution in [0.25, 0.3) is 11.1 Å². The summed E-state index contributed by atoms with van der Waals surface area (Å²) in [5.41, 5.74) is 1.70. The van der Waals surface area contributed by atoms with Gasteiger partial charge in [0.25, 0.3) is 0 Å². The predicted molar refractivity (Wildman–Crippen MR) is 87.8 cm³/mol. The third kappa shape index (κ3) is 2.84. The number of oxazole rings is 1. The van der Waals surface area contributed by atoms with Gasteiger partial charge in [-0.2, -0.15) is 0 Å². The second kappa shape index (κ2) is 5.99. The number of hydrogen-bond acceptors (Lipinski definition) is 5. The van der Waals surface area contributed by atoms with Gasteiger partial charge in [-0.1, -0.05) is 17.3 Å². The Morgan fingerprint density at radius 1 is 1.29 bits per heavy atom. The van der Waals surface area contributed by atoms with Gasteiger partial charge >= 0.3 is 6.03 Å². The van der Waals surface area contributed by atoms with Crippen molar-refractivity contribution < 1.29 is 13.7 Å². The fourth-order valence-corrected chi connectivity index (χ4v) is 3.01. The van der Waals surface area contributed by atoms with E-state index in [1.807, 2.05) is 24.3 Å². The fourth-order valence-electron chi connectivity index (χ4n) is 3.01. The summed E-state index contributed by atoms with van der Waals surface area (Å²) in [5, 5.41) is 6.53. The number of piperidine rings is 1. The van der Waals surface area contributed by atoms with Crippen molar-refractivity contribution in [1.29, 1.82) is 0 Å². The smallest absolute Gasteiger partial charge is 0.323 e. The number of nitrogens with zero attached hydrogens (tertiary/aromatic N) is 3. The molecule has 1 aliphatic rings. The molecule has 0 radical (unpaired) electrons. The normalized spacial score (nSPS) is 15.8. The highest BCUT2D eigenvalue weighted by Crippen LogP contribution is 2.30. The van der Waals surface area contributed by atoms with Crippen molar-refractivity contribution >= 4 is 22.9 Å². The molecule has 0 aliphatic carbocycles. The summed E-state index contributed by atoms with van der Waals surface area (Å²) in [6.07, 6.45) is 1.66. The fraction of sp³-hybridized carbons (Fsp3) is 0.353. The first-order valence-electron chi connectivity index (χ1n) is 8.04. The molecule has 1 saturated heterocycles. The van der Waals surface area contributed by atoms with Crippen LogP contribution in [0, 0.1) is 6.92 Å². The molecular weight excluding hydrogens is 308 g/mol. The van der Waals surface area contributed by atoms with Gasteiger partial charge in [0.15, 0.2) is 17.3 Å². The minimum absolute atomic E-state index is 0.153. The molecule has 24 heavy (non-hydrogen) atoms. The molecule has 1 aromatic carbocycles. The number of benzene rings is 1. The highest BCUT2D eigenvalue weighted by Gasteiger charge is 2.27. The van der Waals surface area contributed by atoms with Crippen LogP contribution in [0.15, 0.2) is 39.3 Å². The monoisotopic (exact) mass is 326 g/mol. The Hall–Kier alpha value is -2.83. The van der Waals surface area contributed by atoms with Crippen molar-refractivity contribution in [2.24, 2.45) is 0 Å². The Balaban J connectivity index is 1.38. The molecule has 1 N–H and O–H groups in total. The minimum Gasteiger partial charge on any atom is -0.440 e. The lowest BCUT2D eigenvalue weighted by Gasteiger charge is -2.30. The molecule has 124 valence electrons. The molecule has 0 atom stereocenters. The van der Waals surface area contributed by atoms with Gasteiger partial charge in [-0.3, -0.25) is 5.32 Å². The van der Waals surface area contributed by atoms with Crippen molar-refractivity contribution in [2.75, 3.05) is 18.4 Å². The molecule has 3 aromatic rings. The number of aryl methyl sites for hydroxylation is 1. The van der Waals surface area contributed by atoms with Gasteiger partial charge in [0, 0.05) is 25.1 Å². The number of para-hydroxylation sites is 2. The first-order chi connectivity index (χ1) is 11.7. The number of amides is 2. The number of carbonyl (C=O) groups excluding carboxylic acids is 1. The third-order valence-electron chi connectivity index (χ3n) is 4.30. The van der Waals surface area contributed by atoms with Crippen LogP contribution in [0.3, 0.4) is 0 Å². The Morgan fingerprint density at radius 2 is 2.08 bits per heavy atom. The van der Waals surface area contributed by atoms with Crippen LogP contribution in [0.5, 0.6) is 0 Å². The zero-order valence-electron chi connectivity index (χ0n) is 13.4. The summed E-state index contributed by atoms with van der Waals surface area (Å²) in [6.45, 7) is 3.10. The highest BCUT2D eigenvalue weighted by molar-refractivity contribution is 5.88. The average Bonchev–Trinajstić information content (AvgIpc) is 3.21. The van der Waals surface area contributed by atoms with E-state index in [9.17, 15) is 4.79 Å². The highest BCUT2D eigenvalue weighted by atomic mass is 16.5. The van der Waals surface area contributed by atoms with E-state index in [4.69, 9.17) is 8.94 Å². The molecule has 3 heterocycles.